The molecule has 6 heteroatoms. The van der Waals surface area contributed by atoms with E-state index in [1.807, 2.05) is 47.9 Å². The van der Waals surface area contributed by atoms with Crippen LogP contribution in [0.4, 0.5) is 0 Å². The lowest BCUT2D eigenvalue weighted by Gasteiger charge is -2.08. The molecule has 0 aliphatic rings. The van der Waals surface area contributed by atoms with E-state index in [4.69, 9.17) is 9.47 Å². The van der Waals surface area contributed by atoms with Crippen LogP contribution in [0.1, 0.15) is 11.1 Å². The number of fused-ring (bicyclic) bond motifs is 1. The van der Waals surface area contributed by atoms with Crippen molar-refractivity contribution in [2.45, 2.75) is 19.9 Å². The van der Waals surface area contributed by atoms with Gasteiger partial charge >= 0.3 is 0 Å². The first kappa shape index (κ1) is 18.9. The number of methoxy groups -OCH3 is 2. The number of hydrogen-bond donors (Lipinski definition) is 0. The van der Waals surface area contributed by atoms with Crippen LogP contribution in [0.2, 0.25) is 0 Å². The molecule has 140 valence electrons. The molecule has 3 aromatic rings. The summed E-state index contributed by atoms with van der Waals surface area (Å²) in [5.74, 6) is 1.11. The summed E-state index contributed by atoms with van der Waals surface area (Å²) in [5, 5.41) is 0. The third kappa shape index (κ3) is 4.11. The Morgan fingerprint density at radius 2 is 1.85 bits per heavy atom. The maximum absolute atomic E-state index is 12.5. The monoisotopic (exact) mass is 382 g/mol. The van der Waals surface area contributed by atoms with Crippen molar-refractivity contribution < 1.29 is 14.3 Å². The normalized spacial score (nSPS) is 11.6. The summed E-state index contributed by atoms with van der Waals surface area (Å²) in [6.07, 6.45) is 2.06. The highest BCUT2D eigenvalue weighted by Gasteiger charge is 2.13. The molecule has 2 aromatic carbocycles. The van der Waals surface area contributed by atoms with Crippen molar-refractivity contribution in [3.8, 4) is 11.5 Å². The van der Waals surface area contributed by atoms with Crippen molar-refractivity contribution in [2.75, 3.05) is 14.2 Å². The van der Waals surface area contributed by atoms with Crippen LogP contribution >= 0.6 is 11.3 Å². The van der Waals surface area contributed by atoms with E-state index in [9.17, 15) is 4.79 Å². The number of ether oxygens (including phenoxy) is 2. The number of aromatic nitrogens is 1. The van der Waals surface area contributed by atoms with Crippen molar-refractivity contribution >= 4 is 27.5 Å². The molecule has 0 radical (unpaired) electrons. The van der Waals surface area contributed by atoms with Gasteiger partial charge in [-0.25, -0.2) is 0 Å². The molecular formula is C21H22N2O3S. The van der Waals surface area contributed by atoms with Gasteiger partial charge in [-0.05, 0) is 12.5 Å². The highest BCUT2D eigenvalue weighted by Crippen LogP contribution is 2.33. The fourth-order valence-corrected chi connectivity index (χ4v) is 3.88. The molecule has 3 rings (SSSR count). The zero-order valence-electron chi connectivity index (χ0n) is 15.7. The molecule has 0 saturated carbocycles. The van der Waals surface area contributed by atoms with Gasteiger partial charge in [0.05, 0.1) is 30.9 Å². The SMILES string of the molecule is C=CCn1c(=NC(=O)Cc2ccc(C)cc2)sc2cc(OC)c(OC)cc21. The first-order chi connectivity index (χ1) is 13.0. The Hall–Kier alpha value is -2.86. The second-order valence-electron chi connectivity index (χ2n) is 6.13. The Morgan fingerprint density at radius 1 is 1.19 bits per heavy atom. The number of benzene rings is 2. The fraction of sp³-hybridized carbons (Fsp3) is 0.238. The molecule has 0 bridgehead atoms. The summed E-state index contributed by atoms with van der Waals surface area (Å²) in [5.41, 5.74) is 3.05. The first-order valence-corrected chi connectivity index (χ1v) is 9.36. The number of carbonyl (C=O) groups excluding carboxylic acids is 1. The highest BCUT2D eigenvalue weighted by atomic mass is 32.1. The van der Waals surface area contributed by atoms with E-state index in [0.29, 0.717) is 22.8 Å². The van der Waals surface area contributed by atoms with Gasteiger partial charge in [0.15, 0.2) is 16.3 Å². The Labute approximate surface area is 162 Å². The number of allylic oxidation sites excluding steroid dienone is 1. The molecule has 0 N–H and O–H groups in total. The topological polar surface area (TPSA) is 52.8 Å². The summed E-state index contributed by atoms with van der Waals surface area (Å²) in [4.78, 5) is 17.5. The number of thiazole rings is 1. The van der Waals surface area contributed by atoms with Gasteiger partial charge in [0.2, 0.25) is 0 Å². The molecule has 1 aromatic heterocycles. The number of hydrogen-bond acceptors (Lipinski definition) is 4. The summed E-state index contributed by atoms with van der Waals surface area (Å²) in [6, 6.07) is 11.7. The van der Waals surface area contributed by atoms with Gasteiger partial charge in [-0.2, -0.15) is 4.99 Å². The minimum absolute atomic E-state index is 0.179. The number of nitrogens with zero attached hydrogens (tertiary/aromatic N) is 2. The second-order valence-corrected chi connectivity index (χ2v) is 7.14. The predicted octanol–water partition coefficient (Wildman–Crippen LogP) is 3.88. The maximum Gasteiger partial charge on any atom is 0.252 e. The summed E-state index contributed by atoms with van der Waals surface area (Å²) in [7, 11) is 3.20. The largest absolute Gasteiger partial charge is 0.493 e. The summed E-state index contributed by atoms with van der Waals surface area (Å²) >= 11 is 1.45. The van der Waals surface area contributed by atoms with E-state index >= 15 is 0 Å². The van der Waals surface area contributed by atoms with E-state index in [-0.39, 0.29) is 12.3 Å². The van der Waals surface area contributed by atoms with Crippen LogP contribution in [0, 0.1) is 6.92 Å². The summed E-state index contributed by atoms with van der Waals surface area (Å²) in [6.45, 7) is 6.39. The third-order valence-electron chi connectivity index (χ3n) is 4.20. The lowest BCUT2D eigenvalue weighted by molar-refractivity contribution is -0.117. The Bertz CT molecular complexity index is 1050. The first-order valence-electron chi connectivity index (χ1n) is 8.55. The van der Waals surface area contributed by atoms with Crippen LogP contribution in [0.3, 0.4) is 0 Å². The molecule has 0 spiro atoms. The molecule has 0 saturated heterocycles. The molecule has 0 aliphatic carbocycles. The van der Waals surface area contributed by atoms with E-state index in [0.717, 1.165) is 15.8 Å². The van der Waals surface area contributed by atoms with Crippen molar-refractivity contribution in [1.29, 1.82) is 0 Å². The predicted molar refractivity (Wildman–Crippen MR) is 109 cm³/mol. The molecule has 1 amide bonds. The van der Waals surface area contributed by atoms with Gasteiger partial charge in [0, 0.05) is 18.7 Å². The molecule has 1 heterocycles. The van der Waals surface area contributed by atoms with Crippen LogP contribution in [0.25, 0.3) is 10.2 Å². The van der Waals surface area contributed by atoms with Gasteiger partial charge in [-0.1, -0.05) is 47.2 Å². The molecule has 0 fully saturated rings. The van der Waals surface area contributed by atoms with Crippen LogP contribution in [0.5, 0.6) is 11.5 Å². The number of carbonyl (C=O) groups is 1. The molecular weight excluding hydrogens is 360 g/mol. The Morgan fingerprint density at radius 3 is 2.48 bits per heavy atom. The van der Waals surface area contributed by atoms with Crippen molar-refractivity contribution in [3.63, 3.8) is 0 Å². The number of amides is 1. The fourth-order valence-electron chi connectivity index (χ4n) is 2.81. The van der Waals surface area contributed by atoms with Crippen LogP contribution in [-0.2, 0) is 17.8 Å². The number of rotatable bonds is 6. The third-order valence-corrected chi connectivity index (χ3v) is 5.24. The van der Waals surface area contributed by atoms with Crippen molar-refractivity contribution in [3.05, 3.63) is 65.0 Å². The second kappa shape index (κ2) is 8.22. The molecule has 0 unspecified atom stereocenters. The standard InChI is InChI=1S/C21H22N2O3S/c1-5-10-23-16-12-17(25-3)18(26-4)13-19(16)27-21(23)22-20(24)11-15-8-6-14(2)7-9-15/h5-9,12-13H,1,10-11H2,2-4H3. The van der Waals surface area contributed by atoms with Gasteiger partial charge in [-0.3, -0.25) is 4.79 Å². The van der Waals surface area contributed by atoms with Crippen LogP contribution < -0.4 is 14.3 Å². The maximum atomic E-state index is 12.5. The zero-order valence-corrected chi connectivity index (χ0v) is 16.5. The average Bonchev–Trinajstić information content (AvgIpc) is 2.98. The Kier molecular flexibility index (Phi) is 5.76. The van der Waals surface area contributed by atoms with Crippen LogP contribution in [-0.4, -0.2) is 24.7 Å². The van der Waals surface area contributed by atoms with E-state index in [1.54, 1.807) is 20.3 Å². The highest BCUT2D eigenvalue weighted by molar-refractivity contribution is 7.16. The van der Waals surface area contributed by atoms with Crippen molar-refractivity contribution in [1.82, 2.24) is 4.57 Å². The average molecular weight is 382 g/mol. The van der Waals surface area contributed by atoms with Gasteiger partial charge in [0.1, 0.15) is 0 Å². The lowest BCUT2D eigenvalue weighted by Crippen LogP contribution is -2.17. The van der Waals surface area contributed by atoms with E-state index in [2.05, 4.69) is 11.6 Å². The molecule has 0 aliphatic heterocycles. The quantitative estimate of drug-likeness (QED) is 0.608. The van der Waals surface area contributed by atoms with Gasteiger partial charge in [0.25, 0.3) is 5.91 Å². The smallest absolute Gasteiger partial charge is 0.252 e. The minimum Gasteiger partial charge on any atom is -0.493 e. The van der Waals surface area contributed by atoms with Crippen molar-refractivity contribution in [2.24, 2.45) is 4.99 Å². The lowest BCUT2D eigenvalue weighted by atomic mass is 10.1. The molecule has 5 nitrogen and oxygen atoms in total. The summed E-state index contributed by atoms with van der Waals surface area (Å²) < 4.78 is 13.7. The minimum atomic E-state index is -0.179. The van der Waals surface area contributed by atoms with Crippen LogP contribution in [0.15, 0.2) is 54.0 Å². The van der Waals surface area contributed by atoms with E-state index < -0.39 is 0 Å². The number of aryl methyl sites for hydroxylation is 1. The molecule has 0 atom stereocenters. The molecule has 27 heavy (non-hydrogen) atoms. The Balaban J connectivity index is 2.04. The van der Waals surface area contributed by atoms with Gasteiger partial charge in [-0.15, -0.1) is 6.58 Å². The van der Waals surface area contributed by atoms with Gasteiger partial charge < -0.3 is 14.0 Å². The van der Waals surface area contributed by atoms with E-state index in [1.165, 1.54) is 16.9 Å². The zero-order chi connectivity index (χ0) is 19.4.